The molecule has 0 saturated carbocycles. The van der Waals surface area contributed by atoms with E-state index in [2.05, 4.69) is 130 Å². The molecule has 0 radical (unpaired) electrons. The van der Waals surface area contributed by atoms with E-state index in [1.165, 1.54) is 27.8 Å². The van der Waals surface area contributed by atoms with Crippen molar-refractivity contribution in [3.05, 3.63) is 190 Å². The van der Waals surface area contributed by atoms with E-state index < -0.39 is 0 Å². The first-order chi connectivity index (χ1) is 28.4. The highest BCUT2D eigenvalue weighted by Gasteiger charge is 2.30. The van der Waals surface area contributed by atoms with Crippen molar-refractivity contribution in [1.82, 2.24) is 25.3 Å². The van der Waals surface area contributed by atoms with E-state index >= 15 is 0 Å². The van der Waals surface area contributed by atoms with Crippen molar-refractivity contribution in [2.45, 2.75) is 38.0 Å². The van der Waals surface area contributed by atoms with Crippen LogP contribution in [0.25, 0.3) is 22.3 Å². The molecule has 0 bridgehead atoms. The summed E-state index contributed by atoms with van der Waals surface area (Å²) in [6.07, 6.45) is 1.94. The lowest BCUT2D eigenvalue weighted by atomic mass is 10.0. The molecule has 0 aromatic heterocycles. The third-order valence-corrected chi connectivity index (χ3v) is 11.8. The Labute approximate surface area is 354 Å². The van der Waals surface area contributed by atoms with Gasteiger partial charge in [0.15, 0.2) is 0 Å². The average Bonchev–Trinajstić information content (AvgIpc) is 3.26. The third-order valence-electron chi connectivity index (χ3n) is 11.1. The minimum atomic E-state index is 0.00433. The summed E-state index contributed by atoms with van der Waals surface area (Å²) in [6, 6.07) is 55.2. The summed E-state index contributed by atoms with van der Waals surface area (Å²) in [5.41, 5.74) is 9.73. The molecule has 8 rings (SSSR count). The zero-order valence-electron chi connectivity index (χ0n) is 33.2. The van der Waals surface area contributed by atoms with Gasteiger partial charge in [-0.2, -0.15) is 0 Å². The number of hydrogen-bond acceptors (Lipinski definition) is 4. The van der Waals surface area contributed by atoms with Crippen LogP contribution in [0.1, 0.15) is 22.3 Å². The van der Waals surface area contributed by atoms with Gasteiger partial charge in [-0.25, -0.2) is 4.79 Å². The van der Waals surface area contributed by atoms with E-state index in [9.17, 15) is 4.79 Å². The fraction of sp³-hybridized carbons (Fsp3) is 0.260. The van der Waals surface area contributed by atoms with Gasteiger partial charge in [-0.1, -0.05) is 169 Å². The molecule has 6 aromatic rings. The Morgan fingerprint density at radius 1 is 0.569 bits per heavy atom. The van der Waals surface area contributed by atoms with E-state index in [0.717, 1.165) is 91.9 Å². The predicted molar refractivity (Wildman–Crippen MR) is 241 cm³/mol. The van der Waals surface area contributed by atoms with E-state index in [-0.39, 0.29) is 12.1 Å². The lowest BCUT2D eigenvalue weighted by Crippen LogP contribution is -2.57. The number of halogens is 2. The number of hydrogen-bond donors (Lipinski definition) is 2. The molecule has 2 atom stereocenters. The smallest absolute Gasteiger partial charge is 0.317 e. The first kappa shape index (κ1) is 41.2. The molecule has 6 aromatic carbocycles. The average molecular weight is 811 g/mol. The second kappa shape index (κ2) is 20.6. The van der Waals surface area contributed by atoms with Crippen molar-refractivity contribution in [3.8, 4) is 22.3 Å². The zero-order valence-corrected chi connectivity index (χ0v) is 34.8. The Bertz CT molecular complexity index is 2180. The molecule has 2 aliphatic heterocycles. The van der Waals surface area contributed by atoms with Gasteiger partial charge in [0.05, 0.1) is 6.04 Å². The maximum absolute atomic E-state index is 12.4. The summed E-state index contributed by atoms with van der Waals surface area (Å²) >= 11 is 12.7. The van der Waals surface area contributed by atoms with Crippen molar-refractivity contribution in [1.29, 1.82) is 0 Å². The number of nitrogens with zero attached hydrogens (tertiary/aromatic N) is 3. The molecule has 8 heteroatoms. The number of amides is 2. The maximum atomic E-state index is 12.4. The number of nitrogens with one attached hydrogen (secondary N) is 2. The topological polar surface area (TPSA) is 50.9 Å². The molecule has 58 heavy (non-hydrogen) atoms. The second-order valence-electron chi connectivity index (χ2n) is 15.3. The number of benzene rings is 6. The van der Waals surface area contributed by atoms with Gasteiger partial charge in [0.1, 0.15) is 0 Å². The van der Waals surface area contributed by atoms with Gasteiger partial charge in [0.2, 0.25) is 0 Å². The summed E-state index contributed by atoms with van der Waals surface area (Å²) in [7, 11) is 1.70. The second-order valence-corrected chi connectivity index (χ2v) is 16.1. The van der Waals surface area contributed by atoms with E-state index in [4.69, 9.17) is 23.2 Å². The van der Waals surface area contributed by atoms with E-state index in [0.29, 0.717) is 6.04 Å². The lowest BCUT2D eigenvalue weighted by Gasteiger charge is -2.41. The molecule has 6 nitrogen and oxygen atoms in total. The summed E-state index contributed by atoms with van der Waals surface area (Å²) in [5, 5.41) is 8.03. The molecular formula is C50H53Cl2N5O. The standard InChI is InChI=1S/C26H28ClN3O.C24H25ClN2/c1-28-26(31)30-16-15-29(19-23(30)17-20-7-3-2-4-8-20)18-21-11-13-22(14-12-21)24-9-5-6-10-25(24)27;25-24-9-5-4-8-23(24)21-12-10-20(11-13-21)17-27-15-14-26-22(18-27)16-19-6-2-1-3-7-19/h2-14,23H,15-19H2,1H3,(H,28,31);1-13,22,26H,14-18H2/t23-;22-/m00/s1. The van der Waals surface area contributed by atoms with Crippen molar-refractivity contribution >= 4 is 29.2 Å². The van der Waals surface area contributed by atoms with Gasteiger partial charge in [0, 0.05) is 86.6 Å². The van der Waals surface area contributed by atoms with Gasteiger partial charge < -0.3 is 15.5 Å². The van der Waals surface area contributed by atoms with Crippen LogP contribution in [0, 0.1) is 0 Å². The monoisotopic (exact) mass is 809 g/mol. The molecule has 0 spiro atoms. The lowest BCUT2D eigenvalue weighted by molar-refractivity contribution is 0.0906. The van der Waals surface area contributed by atoms with Crippen LogP contribution >= 0.6 is 23.2 Å². The van der Waals surface area contributed by atoms with Crippen molar-refractivity contribution in [2.24, 2.45) is 0 Å². The van der Waals surface area contributed by atoms with E-state index in [1.54, 1.807) is 7.05 Å². The molecular weight excluding hydrogens is 757 g/mol. The molecule has 2 saturated heterocycles. The fourth-order valence-corrected chi connectivity index (χ4v) is 8.58. The Morgan fingerprint density at radius 3 is 1.57 bits per heavy atom. The van der Waals surface area contributed by atoms with Crippen LogP contribution in [-0.4, -0.2) is 79.1 Å². The van der Waals surface area contributed by atoms with Crippen LogP contribution in [0.15, 0.2) is 158 Å². The van der Waals surface area contributed by atoms with Gasteiger partial charge >= 0.3 is 6.03 Å². The molecule has 2 fully saturated rings. The van der Waals surface area contributed by atoms with Crippen LogP contribution in [-0.2, 0) is 25.9 Å². The molecule has 298 valence electrons. The normalized spacial score (nSPS) is 17.3. The first-order valence-corrected chi connectivity index (χ1v) is 21.1. The molecule has 0 unspecified atom stereocenters. The largest absolute Gasteiger partial charge is 0.341 e. The number of rotatable bonds is 10. The highest BCUT2D eigenvalue weighted by atomic mass is 35.5. The van der Waals surface area contributed by atoms with Crippen molar-refractivity contribution in [3.63, 3.8) is 0 Å². The highest BCUT2D eigenvalue weighted by molar-refractivity contribution is 6.33. The number of urea groups is 1. The minimum absolute atomic E-state index is 0.00433. The summed E-state index contributed by atoms with van der Waals surface area (Å²) in [6.45, 7) is 7.55. The van der Waals surface area contributed by atoms with Crippen LogP contribution in [0.3, 0.4) is 0 Å². The van der Waals surface area contributed by atoms with Crippen molar-refractivity contribution in [2.75, 3.05) is 46.3 Å². The number of carbonyl (C=O) groups is 1. The van der Waals surface area contributed by atoms with Crippen LogP contribution < -0.4 is 10.6 Å². The maximum Gasteiger partial charge on any atom is 0.317 e. The Morgan fingerprint density at radius 2 is 1.05 bits per heavy atom. The molecule has 2 N–H and O–H groups in total. The molecule has 2 amide bonds. The molecule has 0 aliphatic carbocycles. The minimum Gasteiger partial charge on any atom is -0.341 e. The van der Waals surface area contributed by atoms with Crippen LogP contribution in [0.4, 0.5) is 4.79 Å². The summed E-state index contributed by atoms with van der Waals surface area (Å²) < 4.78 is 0. The van der Waals surface area contributed by atoms with Crippen LogP contribution in [0.2, 0.25) is 10.0 Å². The Balaban J connectivity index is 0.000000178. The van der Waals surface area contributed by atoms with Gasteiger partial charge in [-0.3, -0.25) is 9.80 Å². The van der Waals surface area contributed by atoms with Gasteiger partial charge in [-0.05, 0) is 58.4 Å². The fourth-order valence-electron chi connectivity index (χ4n) is 8.09. The molecule has 2 aliphatic rings. The van der Waals surface area contributed by atoms with Crippen LogP contribution in [0.5, 0.6) is 0 Å². The molecule has 2 heterocycles. The van der Waals surface area contributed by atoms with Gasteiger partial charge in [-0.15, -0.1) is 0 Å². The third kappa shape index (κ3) is 11.4. The SMILES string of the molecule is CNC(=O)N1CCN(Cc2ccc(-c3ccccc3Cl)cc2)C[C@@H]1Cc1ccccc1.Clc1ccccc1-c1ccc(CN2CCN[C@@H](Cc3ccccc3)C2)cc1. The van der Waals surface area contributed by atoms with Gasteiger partial charge in [0.25, 0.3) is 0 Å². The zero-order chi connectivity index (χ0) is 40.1. The first-order valence-electron chi connectivity index (χ1n) is 20.3. The van der Waals surface area contributed by atoms with E-state index in [1.807, 2.05) is 53.4 Å². The number of carbonyl (C=O) groups excluding carboxylic acids is 1. The number of piperazine rings is 2. The predicted octanol–water partition coefficient (Wildman–Crippen LogP) is 10.1. The summed E-state index contributed by atoms with van der Waals surface area (Å²) in [4.78, 5) is 19.4. The Hall–Kier alpha value is -4.95. The van der Waals surface area contributed by atoms with Crippen molar-refractivity contribution < 1.29 is 4.79 Å². The summed E-state index contributed by atoms with van der Waals surface area (Å²) in [5.74, 6) is 0. The Kier molecular flexibility index (Phi) is 14.7. The highest BCUT2D eigenvalue weighted by Crippen LogP contribution is 2.29. The quantitative estimate of drug-likeness (QED) is 0.145.